The van der Waals surface area contributed by atoms with Crippen molar-refractivity contribution in [1.29, 1.82) is 0 Å². The van der Waals surface area contributed by atoms with Gasteiger partial charge in [-0.25, -0.2) is 0 Å². The molecule has 2 N–H and O–H groups in total. The van der Waals surface area contributed by atoms with Crippen LogP contribution in [0, 0.1) is 5.92 Å². The Labute approximate surface area is 132 Å². The zero-order valence-corrected chi connectivity index (χ0v) is 12.9. The lowest BCUT2D eigenvalue weighted by atomic mass is 10.0. The maximum absolute atomic E-state index is 9.07. The lowest BCUT2D eigenvalue weighted by Gasteiger charge is -2.18. The lowest BCUT2D eigenvalue weighted by molar-refractivity contribution is 0.282. The maximum atomic E-state index is 9.07. The van der Waals surface area contributed by atoms with Crippen LogP contribution < -0.4 is 5.32 Å². The van der Waals surface area contributed by atoms with Gasteiger partial charge in [0.05, 0.1) is 6.61 Å². The quantitative estimate of drug-likeness (QED) is 0.787. The van der Waals surface area contributed by atoms with E-state index in [9.17, 15) is 0 Å². The third-order valence-electron chi connectivity index (χ3n) is 4.37. The minimum atomic E-state index is 0.117. The Morgan fingerprint density at radius 2 is 1.86 bits per heavy atom. The van der Waals surface area contributed by atoms with E-state index in [4.69, 9.17) is 5.11 Å². The summed E-state index contributed by atoms with van der Waals surface area (Å²) < 4.78 is 0. The summed E-state index contributed by atoms with van der Waals surface area (Å²) in [5, 5.41) is 12.8. The first-order chi connectivity index (χ1) is 10.8. The standard InChI is InChI=1S/C19H24N2O/c22-14-16-6-4-15(5-7-16)10-12-21-19(17-8-9-17)13-18-3-1-2-11-20-18/h1-7,11,17,19,21-22H,8-10,12-14H2. The van der Waals surface area contributed by atoms with E-state index in [0.717, 1.165) is 30.9 Å². The van der Waals surface area contributed by atoms with Crippen LogP contribution in [0.2, 0.25) is 0 Å². The number of aliphatic hydroxyl groups is 1. The predicted molar refractivity (Wildman–Crippen MR) is 88.5 cm³/mol. The van der Waals surface area contributed by atoms with E-state index >= 15 is 0 Å². The normalized spacial score (nSPS) is 15.7. The predicted octanol–water partition coefficient (Wildman–Crippen LogP) is 2.73. The second kappa shape index (κ2) is 7.52. The van der Waals surface area contributed by atoms with Crippen molar-refractivity contribution in [3.8, 4) is 0 Å². The van der Waals surface area contributed by atoms with Gasteiger partial charge in [-0.1, -0.05) is 30.3 Å². The van der Waals surface area contributed by atoms with Gasteiger partial charge < -0.3 is 10.4 Å². The molecule has 0 spiro atoms. The number of rotatable bonds is 8. The van der Waals surface area contributed by atoms with Gasteiger partial charge >= 0.3 is 0 Å². The molecule has 3 rings (SSSR count). The molecule has 1 aliphatic rings. The van der Waals surface area contributed by atoms with Crippen molar-refractivity contribution in [1.82, 2.24) is 10.3 Å². The van der Waals surface area contributed by atoms with Gasteiger partial charge in [0.1, 0.15) is 0 Å². The molecule has 0 radical (unpaired) electrons. The number of nitrogens with zero attached hydrogens (tertiary/aromatic N) is 1. The average molecular weight is 296 g/mol. The second-order valence-electron chi connectivity index (χ2n) is 6.15. The van der Waals surface area contributed by atoms with Crippen molar-refractivity contribution in [3.05, 3.63) is 65.5 Å². The number of nitrogens with one attached hydrogen (secondary N) is 1. The molecule has 2 aromatic rings. The Bertz CT molecular complexity index is 564. The monoisotopic (exact) mass is 296 g/mol. The van der Waals surface area contributed by atoms with E-state index in [2.05, 4.69) is 34.6 Å². The minimum absolute atomic E-state index is 0.117. The molecular formula is C19H24N2O. The summed E-state index contributed by atoms with van der Waals surface area (Å²) in [6.45, 7) is 1.11. The summed E-state index contributed by atoms with van der Waals surface area (Å²) >= 11 is 0. The number of pyridine rings is 1. The summed E-state index contributed by atoms with van der Waals surface area (Å²) in [5.41, 5.74) is 3.47. The second-order valence-corrected chi connectivity index (χ2v) is 6.15. The van der Waals surface area contributed by atoms with Crippen LogP contribution in [0.15, 0.2) is 48.7 Å². The molecule has 1 saturated carbocycles. The van der Waals surface area contributed by atoms with Crippen LogP contribution in [0.25, 0.3) is 0 Å². The smallest absolute Gasteiger partial charge is 0.0681 e. The van der Waals surface area contributed by atoms with Crippen LogP contribution >= 0.6 is 0 Å². The van der Waals surface area contributed by atoms with Gasteiger partial charge in [-0.05, 0) is 55.0 Å². The SMILES string of the molecule is OCc1ccc(CCNC(Cc2ccccn2)C2CC2)cc1. The van der Waals surface area contributed by atoms with Gasteiger partial charge in [0.2, 0.25) is 0 Å². The third-order valence-corrected chi connectivity index (χ3v) is 4.37. The molecule has 1 aliphatic carbocycles. The van der Waals surface area contributed by atoms with E-state index in [1.165, 1.54) is 24.1 Å². The summed E-state index contributed by atoms with van der Waals surface area (Å²) in [6, 6.07) is 14.9. The highest BCUT2D eigenvalue weighted by atomic mass is 16.3. The zero-order chi connectivity index (χ0) is 15.2. The van der Waals surface area contributed by atoms with Crippen LogP contribution in [-0.2, 0) is 19.4 Å². The Kier molecular flexibility index (Phi) is 5.20. The van der Waals surface area contributed by atoms with Gasteiger partial charge in [0.25, 0.3) is 0 Å². The molecule has 1 fully saturated rings. The van der Waals surface area contributed by atoms with Crippen molar-refractivity contribution in [2.24, 2.45) is 5.92 Å². The first-order valence-corrected chi connectivity index (χ1v) is 8.17. The number of hydrogen-bond donors (Lipinski definition) is 2. The first-order valence-electron chi connectivity index (χ1n) is 8.17. The van der Waals surface area contributed by atoms with Crippen molar-refractivity contribution in [3.63, 3.8) is 0 Å². The molecule has 3 heteroatoms. The lowest BCUT2D eigenvalue weighted by Crippen LogP contribution is -2.34. The summed E-state index contributed by atoms with van der Waals surface area (Å²) in [5.74, 6) is 0.818. The fourth-order valence-corrected chi connectivity index (χ4v) is 2.86. The van der Waals surface area contributed by atoms with E-state index in [1.54, 1.807) is 0 Å². The molecule has 1 atom stereocenters. The van der Waals surface area contributed by atoms with Gasteiger partial charge in [-0.15, -0.1) is 0 Å². The minimum Gasteiger partial charge on any atom is -0.392 e. The molecule has 0 saturated heterocycles. The molecule has 1 aromatic heterocycles. The highest BCUT2D eigenvalue weighted by Crippen LogP contribution is 2.33. The van der Waals surface area contributed by atoms with Crippen molar-refractivity contribution >= 4 is 0 Å². The summed E-state index contributed by atoms with van der Waals surface area (Å²) in [7, 11) is 0. The van der Waals surface area contributed by atoms with E-state index in [1.807, 2.05) is 24.4 Å². The van der Waals surface area contributed by atoms with Gasteiger partial charge in [0, 0.05) is 24.4 Å². The van der Waals surface area contributed by atoms with E-state index in [0.29, 0.717) is 6.04 Å². The molecule has 1 heterocycles. The Morgan fingerprint density at radius 3 is 2.50 bits per heavy atom. The van der Waals surface area contributed by atoms with Crippen molar-refractivity contribution in [2.45, 2.75) is 38.3 Å². The van der Waals surface area contributed by atoms with E-state index < -0.39 is 0 Å². The summed E-state index contributed by atoms with van der Waals surface area (Å²) in [6.07, 6.45) is 6.61. The Hall–Kier alpha value is -1.71. The van der Waals surface area contributed by atoms with Crippen LogP contribution in [0.4, 0.5) is 0 Å². The van der Waals surface area contributed by atoms with Crippen LogP contribution in [0.5, 0.6) is 0 Å². The molecule has 0 amide bonds. The topological polar surface area (TPSA) is 45.1 Å². The van der Waals surface area contributed by atoms with Crippen LogP contribution in [0.3, 0.4) is 0 Å². The molecule has 0 aliphatic heterocycles. The van der Waals surface area contributed by atoms with Crippen LogP contribution in [0.1, 0.15) is 29.7 Å². The van der Waals surface area contributed by atoms with Crippen LogP contribution in [-0.4, -0.2) is 22.7 Å². The Morgan fingerprint density at radius 1 is 1.09 bits per heavy atom. The zero-order valence-electron chi connectivity index (χ0n) is 12.9. The number of aromatic nitrogens is 1. The number of benzene rings is 1. The highest BCUT2D eigenvalue weighted by molar-refractivity contribution is 5.22. The molecule has 3 nitrogen and oxygen atoms in total. The molecule has 22 heavy (non-hydrogen) atoms. The highest BCUT2D eigenvalue weighted by Gasteiger charge is 2.30. The largest absolute Gasteiger partial charge is 0.392 e. The molecule has 0 bridgehead atoms. The van der Waals surface area contributed by atoms with Gasteiger partial charge in [0.15, 0.2) is 0 Å². The van der Waals surface area contributed by atoms with Crippen molar-refractivity contribution in [2.75, 3.05) is 6.54 Å². The molecule has 1 unspecified atom stereocenters. The molecule has 1 aromatic carbocycles. The number of aliphatic hydroxyl groups excluding tert-OH is 1. The third kappa shape index (κ3) is 4.39. The number of hydrogen-bond acceptors (Lipinski definition) is 3. The first kappa shape index (κ1) is 15.2. The van der Waals surface area contributed by atoms with Crippen molar-refractivity contribution < 1.29 is 5.11 Å². The fraction of sp³-hybridized carbons (Fsp3) is 0.421. The van der Waals surface area contributed by atoms with E-state index in [-0.39, 0.29) is 6.61 Å². The Balaban J connectivity index is 1.49. The molecule has 116 valence electrons. The fourth-order valence-electron chi connectivity index (χ4n) is 2.86. The van der Waals surface area contributed by atoms with Gasteiger partial charge in [-0.3, -0.25) is 4.98 Å². The molecular weight excluding hydrogens is 272 g/mol. The average Bonchev–Trinajstić information content (AvgIpc) is 3.40. The summed E-state index contributed by atoms with van der Waals surface area (Å²) in [4.78, 5) is 4.45. The van der Waals surface area contributed by atoms with Gasteiger partial charge in [-0.2, -0.15) is 0 Å². The maximum Gasteiger partial charge on any atom is 0.0681 e.